The first-order valence-electron chi connectivity index (χ1n) is 0.408. The Balaban J connectivity index is -0.0000000200. The van der Waals surface area contributed by atoms with Gasteiger partial charge in [0.2, 0.25) is 0 Å². The van der Waals surface area contributed by atoms with E-state index in [4.69, 9.17) is 6.65 Å². The Labute approximate surface area is 62.2 Å². The van der Waals surface area contributed by atoms with E-state index < -0.39 is 19.1 Å². The van der Waals surface area contributed by atoms with E-state index in [0.29, 0.717) is 0 Å². The summed E-state index contributed by atoms with van der Waals surface area (Å²) in [4.78, 5) is 0. The molecule has 0 rings (SSSR count). The Morgan fingerprint density at radius 2 is 1.20 bits per heavy atom. The minimum absolute atomic E-state index is 0. The van der Waals surface area contributed by atoms with Crippen molar-refractivity contribution >= 4 is 0 Å². The van der Waals surface area contributed by atoms with Crippen LogP contribution in [0.15, 0.2) is 0 Å². The van der Waals surface area contributed by atoms with Gasteiger partial charge in [0, 0.05) is 36.8 Å². The van der Waals surface area contributed by atoms with Crippen molar-refractivity contribution in [1.29, 1.82) is 0 Å². The summed E-state index contributed by atoms with van der Waals surface area (Å²) in [5.41, 5.74) is 0. The molecule has 0 fully saturated rings. The molecule has 5 heteroatoms. The topological polar surface area (TPSA) is 34.1 Å². The molecule has 24 valence electrons. The molecule has 0 aromatic heterocycles. The number of hydrogen-bond donors (Lipinski definition) is 0. The van der Waals surface area contributed by atoms with E-state index in [0.717, 1.165) is 0 Å². The van der Waals surface area contributed by atoms with Crippen LogP contribution < -0.4 is 0 Å². The van der Waals surface area contributed by atoms with Crippen LogP contribution in [0.2, 0.25) is 0 Å². The fraction of sp³-hybridized carbons (Fsp3) is 0. The number of rotatable bonds is 0. The molecule has 0 aliphatic carbocycles. The largest absolute Gasteiger partial charge is 0 e. The van der Waals surface area contributed by atoms with E-state index in [-0.39, 0.29) is 36.8 Å². The molecular weight excluding hydrogens is 197 g/mol. The van der Waals surface area contributed by atoms with Crippen molar-refractivity contribution in [1.82, 2.24) is 0 Å². The molecule has 0 radical (unpaired) electrons. The van der Waals surface area contributed by atoms with Crippen molar-refractivity contribution in [2.24, 2.45) is 0 Å². The van der Waals surface area contributed by atoms with Gasteiger partial charge < -0.3 is 0 Å². The van der Waals surface area contributed by atoms with Crippen LogP contribution in [0.1, 0.15) is 0 Å². The first-order chi connectivity index (χ1) is 1.41. The maximum atomic E-state index is 8.50. The molecule has 0 aliphatic rings. The molecule has 0 bridgehead atoms. The van der Waals surface area contributed by atoms with Gasteiger partial charge in [-0.25, -0.2) is 0 Å². The summed E-state index contributed by atoms with van der Waals surface area (Å²) in [7, 11) is 0. The molecule has 0 saturated heterocycles. The minimum atomic E-state index is -2.00. The summed E-state index contributed by atoms with van der Waals surface area (Å²) in [5, 5.41) is 0. The van der Waals surface area contributed by atoms with E-state index in [9.17, 15) is 0 Å². The van der Waals surface area contributed by atoms with Crippen LogP contribution in [0, 0.1) is 0 Å². The summed E-state index contributed by atoms with van der Waals surface area (Å²) in [6.45, 7) is 0. The second kappa shape index (κ2) is 17.9. The molecule has 0 aromatic rings. The summed E-state index contributed by atoms with van der Waals surface area (Å²) in [6, 6.07) is 0. The standard InChI is InChI=1S/Cr.2O.Ti.Zn. The fourth-order valence-corrected chi connectivity index (χ4v) is 0. The van der Waals surface area contributed by atoms with Crippen LogP contribution in [0.25, 0.3) is 0 Å². The third-order valence-corrected chi connectivity index (χ3v) is 0. The monoisotopic (exact) mass is 196 g/mol. The van der Waals surface area contributed by atoms with E-state index in [2.05, 4.69) is 0 Å². The summed E-state index contributed by atoms with van der Waals surface area (Å²) >= 11 is -2.00. The van der Waals surface area contributed by atoms with Gasteiger partial charge in [0.15, 0.2) is 0 Å². The van der Waals surface area contributed by atoms with Gasteiger partial charge >= 0.3 is 25.7 Å². The Morgan fingerprint density at radius 1 is 1.20 bits per heavy atom. The van der Waals surface area contributed by atoms with Crippen molar-refractivity contribution in [2.45, 2.75) is 0 Å². The van der Waals surface area contributed by atoms with Gasteiger partial charge in [0.25, 0.3) is 0 Å². The van der Waals surface area contributed by atoms with E-state index in [1.165, 1.54) is 0 Å². The zero-order chi connectivity index (χ0) is 2.71. The van der Waals surface area contributed by atoms with Gasteiger partial charge in [-0.2, -0.15) is 0 Å². The Hall–Kier alpha value is 1.47. The predicted molar refractivity (Wildman–Crippen MR) is 1.37 cm³/mol. The molecule has 0 unspecified atom stereocenters. The Bertz CT molecular complexity index is 30.6. The van der Waals surface area contributed by atoms with Gasteiger partial charge in [0.05, 0.1) is 0 Å². The third-order valence-electron chi connectivity index (χ3n) is 0. The zero-order valence-electron chi connectivity index (χ0n) is 2.43. The maximum absolute atomic E-state index is 8.50. The molecule has 0 aliphatic heterocycles. The zero-order valence-corrected chi connectivity index (χ0v) is 8.24. The van der Waals surface area contributed by atoms with Crippen LogP contribution in [0.3, 0.4) is 0 Å². The first-order valence-corrected chi connectivity index (χ1v) is 1.68. The van der Waals surface area contributed by atoms with Crippen molar-refractivity contribution in [2.75, 3.05) is 0 Å². The van der Waals surface area contributed by atoms with E-state index >= 15 is 0 Å². The third kappa shape index (κ3) is 30.5. The minimum Gasteiger partial charge on any atom is 0 e. The summed E-state index contributed by atoms with van der Waals surface area (Å²) < 4.78 is 17.0. The molecule has 0 N–H and O–H groups in total. The fourth-order valence-electron chi connectivity index (χ4n) is 0. The van der Waals surface area contributed by atoms with Crippen LogP contribution in [-0.4, -0.2) is 0 Å². The Morgan fingerprint density at radius 3 is 1.20 bits per heavy atom. The molecule has 0 atom stereocenters. The molecule has 0 heterocycles. The smallest absolute Gasteiger partial charge is 0 e. The quantitative estimate of drug-likeness (QED) is 0.502. The molecule has 0 saturated carbocycles. The molecule has 2 nitrogen and oxygen atoms in total. The van der Waals surface area contributed by atoms with E-state index in [1.807, 2.05) is 0 Å². The molecule has 0 spiro atoms. The van der Waals surface area contributed by atoms with Crippen molar-refractivity contribution in [3.05, 3.63) is 0 Å². The molecule has 5 heavy (non-hydrogen) atoms. The van der Waals surface area contributed by atoms with Gasteiger partial charge in [-0.05, 0) is 0 Å². The van der Waals surface area contributed by atoms with Gasteiger partial charge in [-0.15, -0.1) is 0 Å². The predicted octanol–water partition coefficient (Wildman–Crippen LogP) is -0.245. The first kappa shape index (κ1) is 16.1. The molecule has 0 amide bonds. The van der Waals surface area contributed by atoms with Gasteiger partial charge in [-0.1, -0.05) is 0 Å². The molecule has 0 aromatic carbocycles. The summed E-state index contributed by atoms with van der Waals surface area (Å²) in [5.74, 6) is 0. The van der Waals surface area contributed by atoms with Gasteiger partial charge in [-0.3, -0.25) is 0 Å². The maximum Gasteiger partial charge on any atom is 0 e. The number of hydrogen-bond acceptors (Lipinski definition) is 2. The SMILES string of the molecule is [Cr].[O]=[Ti]=[O].[Zn]. The summed E-state index contributed by atoms with van der Waals surface area (Å²) in [6.07, 6.45) is 0. The van der Waals surface area contributed by atoms with Gasteiger partial charge in [0.1, 0.15) is 0 Å². The molecular formula is CrO2TiZn. The Kier molecular flexibility index (Phi) is 57.6. The van der Waals surface area contributed by atoms with Crippen LogP contribution in [0.4, 0.5) is 0 Å². The van der Waals surface area contributed by atoms with Crippen molar-refractivity contribution in [3.8, 4) is 0 Å². The normalized spacial score (nSPS) is 1.60. The van der Waals surface area contributed by atoms with Crippen LogP contribution in [0.5, 0.6) is 0 Å². The van der Waals surface area contributed by atoms with Crippen LogP contribution in [-0.2, 0) is 62.6 Å². The average Bonchev–Trinajstić information content (AvgIpc) is 0.918. The second-order valence-corrected chi connectivity index (χ2v) is 0.344. The van der Waals surface area contributed by atoms with E-state index in [1.54, 1.807) is 0 Å². The van der Waals surface area contributed by atoms with Crippen molar-refractivity contribution in [3.63, 3.8) is 0 Å². The van der Waals surface area contributed by atoms with Crippen molar-refractivity contribution < 1.29 is 62.6 Å². The van der Waals surface area contributed by atoms with Crippen LogP contribution >= 0.6 is 0 Å². The second-order valence-electron chi connectivity index (χ2n) is 0.0833. The average molecular weight is 197 g/mol.